The molecule has 0 radical (unpaired) electrons. The summed E-state index contributed by atoms with van der Waals surface area (Å²) in [7, 11) is 0. The summed E-state index contributed by atoms with van der Waals surface area (Å²) in [6.45, 7) is 0. The standard InChI is InChI=1S/C2H5N7/c3-2(4)6-9-1-5-7-8-9/h1H,(H4,3,4,6). The number of guanidine groups is 1. The van der Waals surface area contributed by atoms with Gasteiger partial charge in [0.25, 0.3) is 0 Å². The van der Waals surface area contributed by atoms with Crippen LogP contribution in [-0.2, 0) is 0 Å². The van der Waals surface area contributed by atoms with Gasteiger partial charge in [0.15, 0.2) is 6.33 Å². The first-order valence-corrected chi connectivity index (χ1v) is 2.13. The number of rotatable bonds is 1. The highest BCUT2D eigenvalue weighted by Crippen LogP contribution is 1.64. The number of hydrogen-bond acceptors (Lipinski definition) is 4. The van der Waals surface area contributed by atoms with E-state index in [9.17, 15) is 0 Å². The highest BCUT2D eigenvalue weighted by Gasteiger charge is 1.88. The van der Waals surface area contributed by atoms with Crippen molar-refractivity contribution in [1.29, 1.82) is 5.41 Å². The molecule has 0 aliphatic heterocycles. The summed E-state index contributed by atoms with van der Waals surface area (Å²) < 4.78 is 0. The average molecular weight is 127 g/mol. The fourth-order valence-corrected chi connectivity index (χ4v) is 0.336. The molecule has 1 aromatic heterocycles. The van der Waals surface area contributed by atoms with Crippen LogP contribution in [0.1, 0.15) is 0 Å². The van der Waals surface area contributed by atoms with Gasteiger partial charge in [-0.2, -0.15) is 0 Å². The van der Waals surface area contributed by atoms with Crippen molar-refractivity contribution in [1.82, 2.24) is 20.3 Å². The van der Waals surface area contributed by atoms with Gasteiger partial charge in [-0.15, -0.1) is 9.89 Å². The normalized spacial score (nSPS) is 8.89. The zero-order chi connectivity index (χ0) is 6.69. The Kier molecular flexibility index (Phi) is 1.26. The van der Waals surface area contributed by atoms with Gasteiger partial charge in [0, 0.05) is 0 Å². The van der Waals surface area contributed by atoms with E-state index in [0.29, 0.717) is 0 Å². The minimum Gasteiger partial charge on any atom is -0.369 e. The highest BCUT2D eigenvalue weighted by molar-refractivity contribution is 5.81. The van der Waals surface area contributed by atoms with Crippen LogP contribution in [0.25, 0.3) is 0 Å². The molecular formula is C2H5N7. The lowest BCUT2D eigenvalue weighted by Gasteiger charge is -1.97. The Morgan fingerprint density at radius 2 is 2.56 bits per heavy atom. The number of nitrogens with one attached hydrogen (secondary N) is 2. The monoisotopic (exact) mass is 127 g/mol. The average Bonchev–Trinajstić information content (AvgIpc) is 2.15. The smallest absolute Gasteiger partial charge is 0.206 e. The van der Waals surface area contributed by atoms with Crippen molar-refractivity contribution in [3.63, 3.8) is 0 Å². The molecule has 7 nitrogen and oxygen atoms in total. The predicted molar refractivity (Wildman–Crippen MR) is 29.1 cm³/mol. The van der Waals surface area contributed by atoms with Gasteiger partial charge in [0.05, 0.1) is 0 Å². The molecule has 0 bridgehead atoms. The summed E-state index contributed by atoms with van der Waals surface area (Å²) in [4.78, 5) is 1.13. The van der Waals surface area contributed by atoms with Crippen LogP contribution < -0.4 is 11.2 Å². The largest absolute Gasteiger partial charge is 0.369 e. The molecule has 0 amide bonds. The molecule has 0 aliphatic carbocycles. The number of nitrogens with zero attached hydrogens (tertiary/aromatic N) is 4. The third-order valence-corrected chi connectivity index (χ3v) is 0.584. The minimum absolute atomic E-state index is 0.206. The number of hydrogen-bond donors (Lipinski definition) is 3. The van der Waals surface area contributed by atoms with Gasteiger partial charge < -0.3 is 5.73 Å². The van der Waals surface area contributed by atoms with E-state index in [2.05, 4.69) is 21.0 Å². The maximum absolute atomic E-state index is 6.72. The third-order valence-electron chi connectivity index (χ3n) is 0.584. The third kappa shape index (κ3) is 1.37. The molecule has 0 aliphatic rings. The van der Waals surface area contributed by atoms with Gasteiger partial charge in [-0.25, -0.2) is 5.43 Å². The molecule has 0 spiro atoms. The maximum Gasteiger partial charge on any atom is 0.206 e. The molecule has 4 N–H and O–H groups in total. The second kappa shape index (κ2) is 2.07. The highest BCUT2D eigenvalue weighted by atomic mass is 15.7. The van der Waals surface area contributed by atoms with Crippen LogP contribution in [0.15, 0.2) is 6.33 Å². The SMILES string of the molecule is N=C(N)Nn1cnnn1. The Labute approximate surface area is 50.3 Å². The molecule has 7 heteroatoms. The number of aromatic nitrogens is 4. The van der Waals surface area contributed by atoms with Crippen LogP contribution >= 0.6 is 0 Å². The van der Waals surface area contributed by atoms with Gasteiger partial charge >= 0.3 is 0 Å². The van der Waals surface area contributed by atoms with Crippen LogP contribution in [0.3, 0.4) is 0 Å². The van der Waals surface area contributed by atoms with Gasteiger partial charge in [0.1, 0.15) is 0 Å². The molecule has 9 heavy (non-hydrogen) atoms. The summed E-state index contributed by atoms with van der Waals surface area (Å²) in [6.07, 6.45) is 1.29. The maximum atomic E-state index is 6.72. The first-order chi connectivity index (χ1) is 4.29. The lowest BCUT2D eigenvalue weighted by molar-refractivity contribution is 0.742. The van der Waals surface area contributed by atoms with Gasteiger partial charge in [0.2, 0.25) is 5.96 Å². The minimum atomic E-state index is -0.206. The van der Waals surface area contributed by atoms with Crippen LogP contribution in [0.4, 0.5) is 0 Å². The predicted octanol–water partition coefficient (Wildman–Crippen LogP) is -1.89. The summed E-state index contributed by atoms with van der Waals surface area (Å²) in [6, 6.07) is 0. The fraction of sp³-hybridized carbons (Fsp3) is 0. The molecule has 48 valence electrons. The van der Waals surface area contributed by atoms with Crippen molar-refractivity contribution in [2.75, 3.05) is 5.43 Å². The van der Waals surface area contributed by atoms with Crippen molar-refractivity contribution in [2.45, 2.75) is 0 Å². The lowest BCUT2D eigenvalue weighted by Crippen LogP contribution is -2.29. The molecule has 0 unspecified atom stereocenters. The second-order valence-electron chi connectivity index (χ2n) is 1.28. The van der Waals surface area contributed by atoms with Crippen molar-refractivity contribution in [3.8, 4) is 0 Å². The first kappa shape index (κ1) is 5.48. The van der Waals surface area contributed by atoms with Crippen LogP contribution in [0.2, 0.25) is 0 Å². The molecule has 1 heterocycles. The van der Waals surface area contributed by atoms with Crippen LogP contribution in [0, 0.1) is 5.41 Å². The van der Waals surface area contributed by atoms with E-state index in [1.165, 1.54) is 6.33 Å². The zero-order valence-corrected chi connectivity index (χ0v) is 4.44. The Morgan fingerprint density at radius 3 is 3.00 bits per heavy atom. The molecule has 0 saturated heterocycles. The van der Waals surface area contributed by atoms with Crippen LogP contribution in [-0.4, -0.2) is 26.3 Å². The molecule has 0 fully saturated rings. The lowest BCUT2D eigenvalue weighted by atomic mass is 11.1. The Hall–Kier alpha value is -1.66. The first-order valence-electron chi connectivity index (χ1n) is 2.13. The van der Waals surface area contributed by atoms with Crippen LogP contribution in [0.5, 0.6) is 0 Å². The number of tetrazole rings is 1. The molecule has 0 saturated carbocycles. The Bertz CT molecular complexity index is 187. The van der Waals surface area contributed by atoms with Crippen molar-refractivity contribution >= 4 is 5.96 Å². The molecule has 1 aromatic rings. The van der Waals surface area contributed by atoms with Crippen molar-refractivity contribution in [2.24, 2.45) is 5.73 Å². The van der Waals surface area contributed by atoms with Gasteiger partial charge in [-0.05, 0) is 10.4 Å². The molecule has 1 rings (SSSR count). The molecule has 0 atom stereocenters. The summed E-state index contributed by atoms with van der Waals surface area (Å²) in [5.41, 5.74) is 7.27. The van der Waals surface area contributed by atoms with E-state index in [1.54, 1.807) is 0 Å². The van der Waals surface area contributed by atoms with E-state index in [-0.39, 0.29) is 5.96 Å². The summed E-state index contributed by atoms with van der Waals surface area (Å²) in [5, 5.41) is 16.7. The number of nitrogens with two attached hydrogens (primary N) is 1. The second-order valence-corrected chi connectivity index (χ2v) is 1.28. The van der Waals surface area contributed by atoms with E-state index < -0.39 is 0 Å². The molecular weight excluding hydrogens is 122 g/mol. The van der Waals surface area contributed by atoms with Crippen molar-refractivity contribution in [3.05, 3.63) is 6.33 Å². The Balaban J connectivity index is 2.58. The van der Waals surface area contributed by atoms with E-state index in [1.807, 2.05) is 0 Å². The molecule has 0 aromatic carbocycles. The quantitative estimate of drug-likeness (QED) is 0.302. The zero-order valence-electron chi connectivity index (χ0n) is 4.44. The Morgan fingerprint density at radius 1 is 1.78 bits per heavy atom. The van der Waals surface area contributed by atoms with Crippen molar-refractivity contribution < 1.29 is 0 Å². The van der Waals surface area contributed by atoms with E-state index in [0.717, 1.165) is 4.79 Å². The summed E-state index contributed by atoms with van der Waals surface area (Å²) in [5.74, 6) is -0.206. The van der Waals surface area contributed by atoms with Gasteiger partial charge in [-0.3, -0.25) is 5.41 Å². The fourth-order valence-electron chi connectivity index (χ4n) is 0.336. The van der Waals surface area contributed by atoms with E-state index >= 15 is 0 Å². The topological polar surface area (TPSA) is 106 Å². The van der Waals surface area contributed by atoms with Gasteiger partial charge in [-0.1, -0.05) is 0 Å². The van der Waals surface area contributed by atoms with E-state index in [4.69, 9.17) is 11.1 Å². The summed E-state index contributed by atoms with van der Waals surface area (Å²) >= 11 is 0.